The summed E-state index contributed by atoms with van der Waals surface area (Å²) in [5.41, 5.74) is 1.98. The molecule has 2 nitrogen and oxygen atoms in total. The van der Waals surface area contributed by atoms with Crippen LogP contribution in [0.25, 0.3) is 0 Å². The second kappa shape index (κ2) is 4.85. The summed E-state index contributed by atoms with van der Waals surface area (Å²) in [5, 5.41) is 7.61. The highest BCUT2D eigenvalue weighted by Gasteiger charge is 2.07. The number of allylic oxidation sites excluding steroid dienone is 2. The minimum absolute atomic E-state index is 0.207. The van der Waals surface area contributed by atoms with Crippen LogP contribution < -0.4 is 0 Å². The molecule has 0 aliphatic rings. The summed E-state index contributed by atoms with van der Waals surface area (Å²) in [7, 11) is 0. The van der Waals surface area contributed by atoms with Crippen LogP contribution >= 0.6 is 0 Å². The molecule has 0 amide bonds. The van der Waals surface area contributed by atoms with Gasteiger partial charge in [-0.05, 0) is 20.8 Å². The molecule has 0 aliphatic heterocycles. The van der Waals surface area contributed by atoms with Crippen molar-refractivity contribution in [2.45, 2.75) is 34.6 Å². The van der Waals surface area contributed by atoms with E-state index in [1.54, 1.807) is 0 Å². The molecule has 0 aromatic heterocycles. The summed E-state index contributed by atoms with van der Waals surface area (Å²) in [4.78, 5) is 0. The third-order valence-corrected chi connectivity index (χ3v) is 1.97. The molecule has 0 spiro atoms. The molecule has 74 valence electrons. The van der Waals surface area contributed by atoms with Gasteiger partial charge in [0.05, 0.1) is 0 Å². The van der Waals surface area contributed by atoms with Crippen LogP contribution in [-0.2, 0) is 4.74 Å². The first-order chi connectivity index (χ1) is 5.86. The molecule has 1 N–H and O–H groups in total. The van der Waals surface area contributed by atoms with Crippen molar-refractivity contribution < 1.29 is 4.74 Å². The number of nitrogens with one attached hydrogen (secondary N) is 1. The van der Waals surface area contributed by atoms with Gasteiger partial charge < -0.3 is 4.74 Å². The maximum absolute atomic E-state index is 7.61. The van der Waals surface area contributed by atoms with Gasteiger partial charge in [-0.2, -0.15) is 0 Å². The fraction of sp³-hybridized carbons (Fsp3) is 0.545. The molecule has 0 unspecified atom stereocenters. The first kappa shape index (κ1) is 11.9. The largest absolute Gasteiger partial charge is 0.444 e. The average molecular weight is 181 g/mol. The summed E-state index contributed by atoms with van der Waals surface area (Å²) in [6.45, 7) is 13.5. The zero-order chi connectivity index (χ0) is 10.6. The minimum Gasteiger partial charge on any atom is -0.444 e. The maximum Gasteiger partial charge on any atom is 0.214 e. The predicted octanol–water partition coefficient (Wildman–Crippen LogP) is 3.51. The molecule has 2 heteroatoms. The van der Waals surface area contributed by atoms with Crippen molar-refractivity contribution in [1.29, 1.82) is 5.41 Å². The van der Waals surface area contributed by atoms with E-state index in [0.29, 0.717) is 5.76 Å². The molecule has 0 aromatic rings. The molecule has 0 bridgehead atoms. The average Bonchev–Trinajstić information content (AvgIpc) is 2.02. The molecule has 0 rings (SSSR count). The van der Waals surface area contributed by atoms with Gasteiger partial charge in [-0.15, -0.1) is 0 Å². The van der Waals surface area contributed by atoms with Gasteiger partial charge in [0.2, 0.25) is 5.90 Å². The zero-order valence-electron chi connectivity index (χ0n) is 9.19. The molecule has 0 aliphatic carbocycles. The third-order valence-electron chi connectivity index (χ3n) is 1.97. The first-order valence-electron chi connectivity index (χ1n) is 4.46. The summed E-state index contributed by atoms with van der Waals surface area (Å²) >= 11 is 0. The van der Waals surface area contributed by atoms with E-state index in [1.807, 2.05) is 34.6 Å². The van der Waals surface area contributed by atoms with Gasteiger partial charge in [-0.1, -0.05) is 26.0 Å². The lowest BCUT2D eigenvalue weighted by Crippen LogP contribution is -2.08. The maximum atomic E-state index is 7.61. The standard InChI is InChI=1S/C11H19NO/c1-7(2)9(5)11(12)13-10(6)8(3)4/h8,12H,6H2,1-5H3. The lowest BCUT2D eigenvalue weighted by molar-refractivity contribution is 0.358. The first-order valence-corrected chi connectivity index (χ1v) is 4.46. The fourth-order valence-electron chi connectivity index (χ4n) is 0.553. The van der Waals surface area contributed by atoms with E-state index in [-0.39, 0.29) is 11.8 Å². The monoisotopic (exact) mass is 181 g/mol. The quantitative estimate of drug-likeness (QED) is 0.403. The zero-order valence-corrected chi connectivity index (χ0v) is 9.19. The highest BCUT2D eigenvalue weighted by molar-refractivity contribution is 5.91. The smallest absolute Gasteiger partial charge is 0.214 e. The third kappa shape index (κ3) is 3.92. The van der Waals surface area contributed by atoms with Crippen LogP contribution in [0.5, 0.6) is 0 Å². The van der Waals surface area contributed by atoms with Gasteiger partial charge in [-0.3, -0.25) is 5.41 Å². The normalized spacial score (nSPS) is 9.69. The van der Waals surface area contributed by atoms with Crippen molar-refractivity contribution >= 4 is 5.90 Å². The number of hydrogen-bond acceptors (Lipinski definition) is 2. The van der Waals surface area contributed by atoms with Gasteiger partial charge >= 0.3 is 0 Å². The SMILES string of the molecule is C=C(OC(=N)C(C)=C(C)C)C(C)C. The van der Waals surface area contributed by atoms with Crippen molar-refractivity contribution in [1.82, 2.24) is 0 Å². The molecule has 0 saturated carbocycles. The van der Waals surface area contributed by atoms with Crippen LogP contribution in [0.15, 0.2) is 23.5 Å². The Balaban J connectivity index is 4.34. The van der Waals surface area contributed by atoms with Gasteiger partial charge in [0.15, 0.2) is 0 Å². The van der Waals surface area contributed by atoms with E-state index in [9.17, 15) is 0 Å². The van der Waals surface area contributed by atoms with Crippen LogP contribution in [-0.4, -0.2) is 5.90 Å². The Hall–Kier alpha value is -1.05. The Bertz CT molecular complexity index is 245. The topological polar surface area (TPSA) is 33.1 Å². The Morgan fingerprint density at radius 3 is 2.00 bits per heavy atom. The van der Waals surface area contributed by atoms with E-state index < -0.39 is 0 Å². The van der Waals surface area contributed by atoms with Crippen LogP contribution in [0.1, 0.15) is 34.6 Å². The van der Waals surface area contributed by atoms with Crippen molar-refractivity contribution in [3.05, 3.63) is 23.5 Å². The fourth-order valence-corrected chi connectivity index (χ4v) is 0.553. The van der Waals surface area contributed by atoms with Crippen molar-refractivity contribution in [2.75, 3.05) is 0 Å². The predicted molar refractivity (Wildman–Crippen MR) is 56.8 cm³/mol. The summed E-state index contributed by atoms with van der Waals surface area (Å²) in [6.07, 6.45) is 0. The van der Waals surface area contributed by atoms with Gasteiger partial charge in [0.25, 0.3) is 0 Å². The van der Waals surface area contributed by atoms with Gasteiger partial charge in [0, 0.05) is 11.5 Å². The van der Waals surface area contributed by atoms with E-state index in [2.05, 4.69) is 6.58 Å². The lowest BCUT2D eigenvalue weighted by Gasteiger charge is -2.13. The molecule has 13 heavy (non-hydrogen) atoms. The summed E-state index contributed by atoms with van der Waals surface area (Å²) in [6, 6.07) is 0. The Morgan fingerprint density at radius 1 is 1.23 bits per heavy atom. The molecular formula is C11H19NO. The molecule has 0 aromatic carbocycles. The second-order valence-corrected chi connectivity index (χ2v) is 3.68. The second-order valence-electron chi connectivity index (χ2n) is 3.68. The molecule has 0 heterocycles. The van der Waals surface area contributed by atoms with Crippen LogP contribution in [0, 0.1) is 11.3 Å². The molecule has 0 fully saturated rings. The van der Waals surface area contributed by atoms with Crippen molar-refractivity contribution in [3.63, 3.8) is 0 Å². The van der Waals surface area contributed by atoms with Crippen LogP contribution in [0.4, 0.5) is 0 Å². The molecule has 0 radical (unpaired) electrons. The Kier molecular flexibility index (Phi) is 4.46. The van der Waals surface area contributed by atoms with E-state index in [4.69, 9.17) is 10.1 Å². The molecule has 0 atom stereocenters. The van der Waals surface area contributed by atoms with E-state index in [1.165, 1.54) is 0 Å². The lowest BCUT2D eigenvalue weighted by atomic mass is 10.1. The highest BCUT2D eigenvalue weighted by atomic mass is 16.5. The Labute approximate surface area is 80.8 Å². The minimum atomic E-state index is 0.207. The van der Waals surface area contributed by atoms with Gasteiger partial charge in [0.1, 0.15) is 5.76 Å². The Morgan fingerprint density at radius 2 is 1.69 bits per heavy atom. The number of hydrogen-bond donors (Lipinski definition) is 1. The number of rotatable bonds is 3. The van der Waals surface area contributed by atoms with E-state index >= 15 is 0 Å². The van der Waals surface area contributed by atoms with Crippen LogP contribution in [0.2, 0.25) is 0 Å². The molecule has 0 saturated heterocycles. The number of ether oxygens (including phenoxy) is 1. The van der Waals surface area contributed by atoms with E-state index in [0.717, 1.165) is 11.1 Å². The highest BCUT2D eigenvalue weighted by Crippen LogP contribution is 2.12. The summed E-state index contributed by atoms with van der Waals surface area (Å²) < 4.78 is 5.27. The molecular weight excluding hydrogens is 162 g/mol. The van der Waals surface area contributed by atoms with Crippen molar-refractivity contribution in [3.8, 4) is 0 Å². The summed E-state index contributed by atoms with van der Waals surface area (Å²) in [5.74, 6) is 1.11. The van der Waals surface area contributed by atoms with Crippen LogP contribution in [0.3, 0.4) is 0 Å². The van der Waals surface area contributed by atoms with Crippen molar-refractivity contribution in [2.24, 2.45) is 5.92 Å². The van der Waals surface area contributed by atoms with Gasteiger partial charge in [-0.25, -0.2) is 0 Å².